The average molecular weight is 498 g/mol. The number of benzene rings is 1. The Bertz CT molecular complexity index is 1070. The average Bonchev–Trinajstić information content (AvgIpc) is 3.10. The molecule has 10 heteroatoms. The molecule has 1 unspecified atom stereocenters. The van der Waals surface area contributed by atoms with Crippen molar-refractivity contribution in [3.63, 3.8) is 0 Å². The molecule has 194 valence electrons. The minimum absolute atomic E-state index is 0.141. The number of piperazine rings is 1. The van der Waals surface area contributed by atoms with Gasteiger partial charge in [-0.3, -0.25) is 24.6 Å². The predicted molar refractivity (Wildman–Crippen MR) is 132 cm³/mol. The van der Waals surface area contributed by atoms with Gasteiger partial charge in [0.15, 0.2) is 0 Å². The van der Waals surface area contributed by atoms with E-state index in [1.165, 1.54) is 0 Å². The second kappa shape index (κ2) is 9.38. The zero-order chi connectivity index (χ0) is 25.6. The maximum atomic E-state index is 12.9. The molecule has 1 N–H and O–H groups in total. The monoisotopic (exact) mass is 497 g/mol. The first-order valence-electron chi connectivity index (χ1n) is 12.8. The van der Waals surface area contributed by atoms with Crippen LogP contribution in [0.15, 0.2) is 18.2 Å². The van der Waals surface area contributed by atoms with Crippen molar-refractivity contribution in [3.05, 3.63) is 29.3 Å². The second-order valence-corrected chi connectivity index (χ2v) is 11.3. The van der Waals surface area contributed by atoms with Crippen molar-refractivity contribution in [3.8, 4) is 0 Å². The lowest BCUT2D eigenvalue weighted by Gasteiger charge is -2.45. The maximum absolute atomic E-state index is 12.9. The van der Waals surface area contributed by atoms with E-state index >= 15 is 0 Å². The Kier molecular flexibility index (Phi) is 6.40. The van der Waals surface area contributed by atoms with Gasteiger partial charge in [-0.05, 0) is 51.0 Å². The minimum Gasteiger partial charge on any atom is -0.444 e. The number of nitrogens with one attached hydrogen (secondary N) is 1. The van der Waals surface area contributed by atoms with Gasteiger partial charge in [0.25, 0.3) is 5.91 Å². The zero-order valence-corrected chi connectivity index (χ0v) is 21.3. The van der Waals surface area contributed by atoms with E-state index in [-0.39, 0.29) is 30.2 Å². The molecule has 10 nitrogen and oxygen atoms in total. The SMILES string of the molecule is CC(C)(C)OC(=O)N1CCN(CC2CN(c3ccc4c(c3)CN(C3CCC(=O)NC3=O)C4=O)C2)CC1. The molecule has 36 heavy (non-hydrogen) atoms. The number of imide groups is 1. The van der Waals surface area contributed by atoms with E-state index in [0.717, 1.165) is 44.0 Å². The van der Waals surface area contributed by atoms with Crippen molar-refractivity contribution < 1.29 is 23.9 Å². The van der Waals surface area contributed by atoms with Crippen LogP contribution >= 0.6 is 0 Å². The number of nitrogens with zero attached hydrogens (tertiary/aromatic N) is 4. The van der Waals surface area contributed by atoms with Gasteiger partial charge in [-0.1, -0.05) is 0 Å². The van der Waals surface area contributed by atoms with Crippen molar-refractivity contribution in [1.82, 2.24) is 20.0 Å². The highest BCUT2D eigenvalue weighted by atomic mass is 16.6. The number of carbonyl (C=O) groups is 4. The third-order valence-electron chi connectivity index (χ3n) is 7.37. The summed E-state index contributed by atoms with van der Waals surface area (Å²) in [4.78, 5) is 57.0. The van der Waals surface area contributed by atoms with Crippen molar-refractivity contribution >= 4 is 29.5 Å². The van der Waals surface area contributed by atoms with E-state index in [1.54, 1.807) is 9.80 Å². The normalized spacial score (nSPS) is 23.5. The molecule has 1 aromatic rings. The van der Waals surface area contributed by atoms with Crippen LogP contribution in [0.25, 0.3) is 0 Å². The van der Waals surface area contributed by atoms with E-state index in [1.807, 2.05) is 32.9 Å². The number of rotatable bonds is 4. The number of fused-ring (bicyclic) bond motifs is 1. The number of amides is 4. The highest BCUT2D eigenvalue weighted by Crippen LogP contribution is 2.33. The molecule has 1 aromatic carbocycles. The molecule has 1 atom stereocenters. The maximum Gasteiger partial charge on any atom is 0.410 e. The molecule has 0 aromatic heterocycles. The van der Waals surface area contributed by atoms with E-state index in [2.05, 4.69) is 21.2 Å². The van der Waals surface area contributed by atoms with Crippen LogP contribution in [0.2, 0.25) is 0 Å². The van der Waals surface area contributed by atoms with Crippen molar-refractivity contribution in [2.45, 2.75) is 51.8 Å². The number of hydrogen-bond acceptors (Lipinski definition) is 7. The first-order valence-corrected chi connectivity index (χ1v) is 12.8. The van der Waals surface area contributed by atoms with Gasteiger partial charge in [0, 0.05) is 75.9 Å². The molecule has 0 spiro atoms. The van der Waals surface area contributed by atoms with E-state index in [4.69, 9.17) is 4.74 Å². The fourth-order valence-electron chi connectivity index (χ4n) is 5.46. The van der Waals surface area contributed by atoms with E-state index in [9.17, 15) is 19.2 Å². The summed E-state index contributed by atoms with van der Waals surface area (Å²) in [6, 6.07) is 5.33. The van der Waals surface area contributed by atoms with Gasteiger partial charge in [0.2, 0.25) is 11.8 Å². The lowest BCUT2D eigenvalue weighted by Crippen LogP contribution is -2.55. The lowest BCUT2D eigenvalue weighted by molar-refractivity contribution is -0.136. The van der Waals surface area contributed by atoms with Gasteiger partial charge in [-0.2, -0.15) is 0 Å². The van der Waals surface area contributed by atoms with Gasteiger partial charge in [-0.25, -0.2) is 4.79 Å². The second-order valence-electron chi connectivity index (χ2n) is 11.3. The Hall–Kier alpha value is -3.14. The third kappa shape index (κ3) is 5.04. The smallest absolute Gasteiger partial charge is 0.410 e. The molecule has 3 fully saturated rings. The van der Waals surface area contributed by atoms with E-state index < -0.39 is 11.6 Å². The summed E-state index contributed by atoms with van der Waals surface area (Å²) in [6.45, 7) is 12.1. The van der Waals surface area contributed by atoms with Gasteiger partial charge in [0.05, 0.1) is 0 Å². The summed E-state index contributed by atoms with van der Waals surface area (Å²) in [5, 5.41) is 2.35. The highest BCUT2D eigenvalue weighted by molar-refractivity contribution is 6.05. The topological polar surface area (TPSA) is 102 Å². The lowest BCUT2D eigenvalue weighted by atomic mass is 9.97. The van der Waals surface area contributed by atoms with Crippen LogP contribution in [0.3, 0.4) is 0 Å². The summed E-state index contributed by atoms with van der Waals surface area (Å²) in [7, 11) is 0. The Morgan fingerprint density at radius 1 is 1.08 bits per heavy atom. The summed E-state index contributed by atoms with van der Waals surface area (Å²) >= 11 is 0. The number of ether oxygens (including phenoxy) is 1. The van der Waals surface area contributed by atoms with Gasteiger partial charge in [0.1, 0.15) is 11.6 Å². The van der Waals surface area contributed by atoms with Crippen LogP contribution in [0.4, 0.5) is 10.5 Å². The molecule has 4 amide bonds. The van der Waals surface area contributed by atoms with Crippen molar-refractivity contribution in [2.24, 2.45) is 5.92 Å². The first kappa shape index (κ1) is 24.5. The fraction of sp³-hybridized carbons (Fsp3) is 0.615. The van der Waals surface area contributed by atoms with Crippen molar-refractivity contribution in [1.29, 1.82) is 0 Å². The van der Waals surface area contributed by atoms with Gasteiger partial charge in [-0.15, -0.1) is 0 Å². The van der Waals surface area contributed by atoms with Crippen LogP contribution in [0, 0.1) is 5.92 Å². The Morgan fingerprint density at radius 2 is 1.81 bits per heavy atom. The van der Waals surface area contributed by atoms with Gasteiger partial charge < -0.3 is 19.4 Å². The fourth-order valence-corrected chi connectivity index (χ4v) is 5.46. The quantitative estimate of drug-likeness (QED) is 0.628. The first-order chi connectivity index (χ1) is 17.1. The molecule has 0 bridgehead atoms. The van der Waals surface area contributed by atoms with Crippen LogP contribution < -0.4 is 10.2 Å². The summed E-state index contributed by atoms with van der Waals surface area (Å²) in [5.41, 5.74) is 2.20. The molecule has 4 heterocycles. The van der Waals surface area contributed by atoms with Crippen LogP contribution in [-0.2, 0) is 20.9 Å². The molecule has 0 radical (unpaired) electrons. The zero-order valence-electron chi connectivity index (χ0n) is 21.3. The molecular formula is C26H35N5O5. The molecule has 0 aliphatic carbocycles. The number of anilines is 1. The Labute approximate surface area is 211 Å². The van der Waals surface area contributed by atoms with Crippen molar-refractivity contribution in [2.75, 3.05) is 50.7 Å². The molecule has 4 aliphatic rings. The van der Waals surface area contributed by atoms with Crippen LogP contribution in [0.5, 0.6) is 0 Å². The Morgan fingerprint density at radius 3 is 2.47 bits per heavy atom. The minimum atomic E-state index is -0.588. The van der Waals surface area contributed by atoms with Crippen LogP contribution in [-0.4, -0.2) is 96.0 Å². The van der Waals surface area contributed by atoms with Crippen LogP contribution in [0.1, 0.15) is 49.5 Å². The number of hydrogen-bond donors (Lipinski definition) is 1. The predicted octanol–water partition coefficient (Wildman–Crippen LogP) is 1.44. The summed E-state index contributed by atoms with van der Waals surface area (Å²) in [6.07, 6.45) is 0.396. The number of carbonyl (C=O) groups excluding carboxylic acids is 4. The summed E-state index contributed by atoms with van der Waals surface area (Å²) in [5.74, 6) is -0.240. The molecule has 4 aliphatic heterocycles. The third-order valence-corrected chi connectivity index (χ3v) is 7.37. The highest BCUT2D eigenvalue weighted by Gasteiger charge is 2.39. The molecule has 3 saturated heterocycles. The largest absolute Gasteiger partial charge is 0.444 e. The number of piperidine rings is 1. The van der Waals surface area contributed by atoms with E-state index in [0.29, 0.717) is 37.5 Å². The molecular weight excluding hydrogens is 462 g/mol. The standard InChI is InChI=1S/C26H35N5O5/c1-26(2,3)36-25(35)29-10-8-28(9-11-29)13-17-14-30(15-17)19-4-5-20-18(12-19)16-31(24(20)34)21-6-7-22(32)27-23(21)33/h4-5,12,17,21H,6-11,13-16H2,1-3H3,(H,27,32,33). The molecule has 0 saturated carbocycles. The Balaban J connectivity index is 1.10. The van der Waals surface area contributed by atoms with Gasteiger partial charge >= 0.3 is 6.09 Å². The molecule has 5 rings (SSSR count). The summed E-state index contributed by atoms with van der Waals surface area (Å²) < 4.78 is 5.48.